The Morgan fingerprint density at radius 1 is 1.21 bits per heavy atom. The molecular formula is C26H36N6O2. The van der Waals surface area contributed by atoms with Gasteiger partial charge in [0.05, 0.1) is 18.7 Å². The minimum Gasteiger partial charge on any atom is -0.376 e. The minimum absolute atomic E-state index is 0.00598. The van der Waals surface area contributed by atoms with Gasteiger partial charge < -0.3 is 9.72 Å². The fourth-order valence-corrected chi connectivity index (χ4v) is 5.69. The van der Waals surface area contributed by atoms with Gasteiger partial charge in [-0.15, -0.1) is 5.10 Å². The van der Waals surface area contributed by atoms with Gasteiger partial charge in [-0.25, -0.2) is 4.68 Å². The van der Waals surface area contributed by atoms with Crippen molar-refractivity contribution in [2.75, 3.05) is 6.61 Å². The van der Waals surface area contributed by atoms with Gasteiger partial charge in [0, 0.05) is 30.3 Å². The molecule has 0 amide bonds. The number of H-pyrrole nitrogens is 1. The van der Waals surface area contributed by atoms with Crippen LogP contribution in [0.1, 0.15) is 81.3 Å². The molecule has 1 saturated carbocycles. The van der Waals surface area contributed by atoms with Gasteiger partial charge in [-0.1, -0.05) is 37.8 Å². The number of hydrogen-bond donors (Lipinski definition) is 1. The Kier molecular flexibility index (Phi) is 7.06. The third-order valence-corrected chi connectivity index (χ3v) is 7.44. The maximum absolute atomic E-state index is 13.1. The van der Waals surface area contributed by atoms with E-state index < -0.39 is 0 Å². The maximum Gasteiger partial charge on any atom is 0.252 e. The first kappa shape index (κ1) is 23.2. The summed E-state index contributed by atoms with van der Waals surface area (Å²) in [5.41, 5.74) is 2.88. The summed E-state index contributed by atoms with van der Waals surface area (Å²) in [6.07, 6.45) is 9.06. The van der Waals surface area contributed by atoms with E-state index >= 15 is 0 Å². The van der Waals surface area contributed by atoms with Crippen LogP contribution in [0.4, 0.5) is 0 Å². The van der Waals surface area contributed by atoms with Crippen molar-refractivity contribution < 1.29 is 4.74 Å². The van der Waals surface area contributed by atoms with Gasteiger partial charge in [-0.3, -0.25) is 9.69 Å². The van der Waals surface area contributed by atoms with Crippen molar-refractivity contribution in [1.82, 2.24) is 30.1 Å². The smallest absolute Gasteiger partial charge is 0.252 e. The van der Waals surface area contributed by atoms with Gasteiger partial charge in [-0.05, 0) is 73.0 Å². The highest BCUT2D eigenvalue weighted by Crippen LogP contribution is 2.34. The number of benzene rings is 1. The third-order valence-electron chi connectivity index (χ3n) is 7.44. The van der Waals surface area contributed by atoms with Crippen molar-refractivity contribution in [1.29, 1.82) is 0 Å². The Balaban J connectivity index is 1.49. The lowest BCUT2D eigenvalue weighted by molar-refractivity contribution is 0.0828. The van der Waals surface area contributed by atoms with E-state index in [9.17, 15) is 4.79 Å². The van der Waals surface area contributed by atoms with Crippen LogP contribution < -0.4 is 5.56 Å². The summed E-state index contributed by atoms with van der Waals surface area (Å²) in [5.74, 6) is 0.900. The maximum atomic E-state index is 13.1. The van der Waals surface area contributed by atoms with E-state index in [2.05, 4.69) is 51.4 Å². The van der Waals surface area contributed by atoms with Gasteiger partial charge in [0.15, 0.2) is 5.82 Å². The summed E-state index contributed by atoms with van der Waals surface area (Å²) < 4.78 is 7.82. The molecule has 1 aliphatic carbocycles. The highest BCUT2D eigenvalue weighted by atomic mass is 16.5. The first-order valence-electron chi connectivity index (χ1n) is 12.9. The van der Waals surface area contributed by atoms with Crippen LogP contribution >= 0.6 is 0 Å². The first-order chi connectivity index (χ1) is 16.6. The van der Waals surface area contributed by atoms with Crippen molar-refractivity contribution in [3.8, 4) is 0 Å². The largest absolute Gasteiger partial charge is 0.376 e. The standard InChI is InChI=1S/C26H36N6O2/c1-3-7-24(25-28-29-30-32(25)17-22-10-6-13-34-22)31(21-8-4-5-9-21)16-20-15-19-14-18(2)11-12-23(19)27-26(20)33/h11-12,14-15,21-22,24H,3-10,13,16-17H2,1-2H3,(H,27,33)/t22-,24-/m1/s1. The average Bonchev–Trinajstić information content (AvgIpc) is 3.60. The zero-order valence-electron chi connectivity index (χ0n) is 20.4. The van der Waals surface area contributed by atoms with Gasteiger partial charge in [-0.2, -0.15) is 0 Å². The molecule has 0 unspecified atom stereocenters. The summed E-state index contributed by atoms with van der Waals surface area (Å²) in [7, 11) is 0. The highest BCUT2D eigenvalue weighted by molar-refractivity contribution is 5.79. The SMILES string of the molecule is CCC[C@H](c1nnnn1C[C@H]1CCCO1)N(Cc1cc2cc(C)ccc2[nH]c1=O)C1CCCC1. The Labute approximate surface area is 200 Å². The molecule has 182 valence electrons. The summed E-state index contributed by atoms with van der Waals surface area (Å²) in [5, 5.41) is 14.0. The highest BCUT2D eigenvalue weighted by Gasteiger charge is 2.33. The number of nitrogens with one attached hydrogen (secondary N) is 1. The molecule has 0 bridgehead atoms. The molecule has 2 aromatic heterocycles. The number of tetrazole rings is 1. The lowest BCUT2D eigenvalue weighted by atomic mass is 10.0. The van der Waals surface area contributed by atoms with Crippen LogP contribution in [0.5, 0.6) is 0 Å². The molecule has 0 radical (unpaired) electrons. The molecule has 1 N–H and O–H groups in total. The van der Waals surface area contributed by atoms with Gasteiger partial charge in [0.2, 0.25) is 0 Å². The number of pyridine rings is 1. The van der Waals surface area contributed by atoms with Crippen molar-refractivity contribution in [2.24, 2.45) is 0 Å². The lowest BCUT2D eigenvalue weighted by Gasteiger charge is -2.35. The predicted molar refractivity (Wildman–Crippen MR) is 132 cm³/mol. The van der Waals surface area contributed by atoms with E-state index in [0.717, 1.165) is 67.4 Å². The fraction of sp³-hybridized carbons (Fsp3) is 0.615. The molecule has 8 heteroatoms. The van der Waals surface area contributed by atoms with E-state index in [1.807, 2.05) is 16.8 Å². The molecule has 1 saturated heterocycles. The van der Waals surface area contributed by atoms with Gasteiger partial charge in [0.1, 0.15) is 0 Å². The van der Waals surface area contributed by atoms with Crippen molar-refractivity contribution >= 4 is 10.9 Å². The number of rotatable bonds is 9. The zero-order valence-corrected chi connectivity index (χ0v) is 20.4. The molecule has 0 spiro atoms. The van der Waals surface area contributed by atoms with E-state index in [1.165, 1.54) is 18.4 Å². The van der Waals surface area contributed by atoms with Crippen molar-refractivity contribution in [3.63, 3.8) is 0 Å². The normalized spacial score (nSPS) is 20.0. The van der Waals surface area contributed by atoms with Crippen LogP contribution in [0, 0.1) is 6.92 Å². The minimum atomic E-state index is -0.00598. The summed E-state index contributed by atoms with van der Waals surface area (Å²) in [6, 6.07) is 8.73. The van der Waals surface area contributed by atoms with Gasteiger partial charge in [0.25, 0.3) is 5.56 Å². The predicted octanol–water partition coefficient (Wildman–Crippen LogP) is 4.29. The molecule has 5 rings (SSSR count). The van der Waals surface area contributed by atoms with Crippen LogP contribution in [0.2, 0.25) is 0 Å². The molecule has 3 aromatic rings. The molecule has 34 heavy (non-hydrogen) atoms. The topological polar surface area (TPSA) is 88.9 Å². The number of fused-ring (bicyclic) bond motifs is 1. The second-order valence-electron chi connectivity index (χ2n) is 9.98. The van der Waals surface area contributed by atoms with Crippen LogP contribution in [0.15, 0.2) is 29.1 Å². The molecule has 3 heterocycles. The average molecular weight is 465 g/mol. The van der Waals surface area contributed by atoms with Gasteiger partial charge >= 0.3 is 0 Å². The Morgan fingerprint density at radius 3 is 2.82 bits per heavy atom. The molecule has 2 atom stereocenters. The van der Waals surface area contributed by atoms with Crippen molar-refractivity contribution in [3.05, 3.63) is 51.6 Å². The van der Waals surface area contributed by atoms with Crippen LogP contribution in [-0.4, -0.2) is 48.8 Å². The second kappa shape index (κ2) is 10.4. The number of aromatic nitrogens is 5. The van der Waals surface area contributed by atoms with E-state index in [0.29, 0.717) is 19.1 Å². The molecule has 2 fully saturated rings. The molecular weight excluding hydrogens is 428 g/mol. The number of aryl methyl sites for hydroxylation is 1. The number of hydrogen-bond acceptors (Lipinski definition) is 6. The number of ether oxygens (including phenoxy) is 1. The van der Waals surface area contributed by atoms with Crippen LogP contribution in [-0.2, 0) is 17.8 Å². The van der Waals surface area contributed by atoms with Crippen LogP contribution in [0.3, 0.4) is 0 Å². The molecule has 1 aromatic carbocycles. The summed E-state index contributed by atoms with van der Waals surface area (Å²) in [6.45, 7) is 6.40. The Morgan fingerprint density at radius 2 is 2.06 bits per heavy atom. The third kappa shape index (κ3) is 4.93. The zero-order chi connectivity index (χ0) is 23.5. The van der Waals surface area contributed by atoms with E-state index in [-0.39, 0.29) is 17.7 Å². The van der Waals surface area contributed by atoms with E-state index in [4.69, 9.17) is 4.74 Å². The molecule has 1 aliphatic heterocycles. The first-order valence-corrected chi connectivity index (χ1v) is 12.9. The fourth-order valence-electron chi connectivity index (χ4n) is 5.69. The summed E-state index contributed by atoms with van der Waals surface area (Å²) in [4.78, 5) is 18.7. The number of nitrogens with zero attached hydrogens (tertiary/aromatic N) is 5. The monoisotopic (exact) mass is 464 g/mol. The quantitative estimate of drug-likeness (QED) is 0.508. The Bertz CT molecular complexity index is 1160. The lowest BCUT2D eigenvalue weighted by Crippen LogP contribution is -2.39. The van der Waals surface area contributed by atoms with Crippen LogP contribution in [0.25, 0.3) is 10.9 Å². The van der Waals surface area contributed by atoms with Crippen molar-refractivity contribution in [2.45, 2.75) is 96.5 Å². The summed E-state index contributed by atoms with van der Waals surface area (Å²) >= 11 is 0. The number of aromatic amines is 1. The van der Waals surface area contributed by atoms with E-state index in [1.54, 1.807) is 0 Å². The molecule has 8 nitrogen and oxygen atoms in total. The second-order valence-corrected chi connectivity index (χ2v) is 9.98. The molecule has 2 aliphatic rings. The Hall–Kier alpha value is -2.58.